The second kappa shape index (κ2) is 7.75. The average molecular weight is 380 g/mol. The number of carboxylic acid groups (broad SMARTS) is 1. The maximum absolute atomic E-state index is 12.7. The van der Waals surface area contributed by atoms with Crippen molar-refractivity contribution in [1.82, 2.24) is 9.21 Å². The molecule has 142 valence electrons. The summed E-state index contributed by atoms with van der Waals surface area (Å²) in [5.74, 6) is -0.841. The fourth-order valence-corrected chi connectivity index (χ4v) is 5.10. The Morgan fingerprint density at radius 3 is 2.04 bits per heavy atom. The second-order valence-electron chi connectivity index (χ2n) is 6.89. The quantitative estimate of drug-likeness (QED) is 0.859. The summed E-state index contributed by atoms with van der Waals surface area (Å²) in [4.78, 5) is 25.3. The molecule has 26 heavy (non-hydrogen) atoms. The Morgan fingerprint density at radius 2 is 1.50 bits per heavy atom. The van der Waals surface area contributed by atoms with Crippen LogP contribution in [0, 0.1) is 5.92 Å². The lowest BCUT2D eigenvalue weighted by Crippen LogP contribution is -2.52. The Balaban J connectivity index is 1.63. The van der Waals surface area contributed by atoms with Crippen LogP contribution in [0.15, 0.2) is 29.2 Å². The lowest BCUT2D eigenvalue weighted by atomic mass is 9.88. The van der Waals surface area contributed by atoms with E-state index in [1.165, 1.54) is 35.0 Å². The van der Waals surface area contributed by atoms with Crippen LogP contribution in [0.25, 0.3) is 0 Å². The van der Waals surface area contributed by atoms with E-state index in [0.29, 0.717) is 13.1 Å². The van der Waals surface area contributed by atoms with Crippen molar-refractivity contribution in [2.75, 3.05) is 26.2 Å². The zero-order chi connectivity index (χ0) is 18.7. The highest BCUT2D eigenvalue weighted by molar-refractivity contribution is 7.89. The molecule has 2 aliphatic rings. The van der Waals surface area contributed by atoms with E-state index in [0.717, 1.165) is 25.7 Å². The molecule has 1 aliphatic heterocycles. The van der Waals surface area contributed by atoms with Gasteiger partial charge in [0.2, 0.25) is 15.9 Å². The molecule has 1 N–H and O–H groups in total. The first kappa shape index (κ1) is 18.8. The molecule has 0 aromatic heterocycles. The van der Waals surface area contributed by atoms with Gasteiger partial charge in [0.05, 0.1) is 10.5 Å². The van der Waals surface area contributed by atoms with Crippen LogP contribution >= 0.6 is 0 Å². The Bertz CT molecular complexity index is 761. The van der Waals surface area contributed by atoms with Crippen molar-refractivity contribution in [2.24, 2.45) is 5.92 Å². The van der Waals surface area contributed by atoms with Gasteiger partial charge in [0, 0.05) is 32.1 Å². The van der Waals surface area contributed by atoms with Crippen LogP contribution in [0.4, 0.5) is 0 Å². The summed E-state index contributed by atoms with van der Waals surface area (Å²) in [5, 5.41) is 8.92. The third kappa shape index (κ3) is 3.91. The van der Waals surface area contributed by atoms with E-state index < -0.39 is 16.0 Å². The van der Waals surface area contributed by atoms with Crippen molar-refractivity contribution in [2.45, 2.75) is 37.0 Å². The number of rotatable bonds is 4. The second-order valence-corrected chi connectivity index (χ2v) is 8.83. The molecule has 1 aromatic rings. The molecular weight excluding hydrogens is 356 g/mol. The number of carbonyl (C=O) groups excluding carboxylic acids is 1. The van der Waals surface area contributed by atoms with Crippen molar-refractivity contribution in [3.8, 4) is 0 Å². The molecule has 0 radical (unpaired) electrons. The minimum atomic E-state index is -3.68. The van der Waals surface area contributed by atoms with Crippen molar-refractivity contribution < 1.29 is 23.1 Å². The maximum Gasteiger partial charge on any atom is 0.335 e. The summed E-state index contributed by atoms with van der Waals surface area (Å²) in [7, 11) is -3.68. The highest BCUT2D eigenvalue weighted by atomic mass is 32.2. The summed E-state index contributed by atoms with van der Waals surface area (Å²) >= 11 is 0. The number of sulfonamides is 1. The van der Waals surface area contributed by atoms with E-state index in [-0.39, 0.29) is 35.4 Å². The van der Waals surface area contributed by atoms with Crippen LogP contribution in [-0.2, 0) is 14.8 Å². The molecule has 1 amide bonds. The lowest BCUT2D eigenvalue weighted by molar-refractivity contribution is -0.137. The highest BCUT2D eigenvalue weighted by Crippen LogP contribution is 2.26. The Labute approximate surface area is 153 Å². The normalized spacial score (nSPS) is 20.1. The summed E-state index contributed by atoms with van der Waals surface area (Å²) in [6.45, 7) is 1.34. The molecule has 1 heterocycles. The van der Waals surface area contributed by atoms with Crippen molar-refractivity contribution >= 4 is 21.9 Å². The lowest BCUT2D eigenvalue weighted by Gasteiger charge is -2.36. The number of hydrogen-bond acceptors (Lipinski definition) is 4. The number of hydrogen-bond donors (Lipinski definition) is 1. The first-order chi connectivity index (χ1) is 12.4. The summed E-state index contributed by atoms with van der Waals surface area (Å²) in [6, 6.07) is 5.22. The summed E-state index contributed by atoms with van der Waals surface area (Å²) < 4.78 is 26.8. The fourth-order valence-electron chi connectivity index (χ4n) is 3.68. The number of nitrogens with zero attached hydrogens (tertiary/aromatic N) is 2. The van der Waals surface area contributed by atoms with E-state index in [4.69, 9.17) is 5.11 Å². The van der Waals surface area contributed by atoms with Gasteiger partial charge in [0.15, 0.2) is 0 Å². The molecule has 1 saturated carbocycles. The highest BCUT2D eigenvalue weighted by Gasteiger charge is 2.32. The monoisotopic (exact) mass is 380 g/mol. The molecule has 0 unspecified atom stereocenters. The number of amides is 1. The Kier molecular flexibility index (Phi) is 5.62. The minimum absolute atomic E-state index is 0.0480. The van der Waals surface area contributed by atoms with Gasteiger partial charge in [0.1, 0.15) is 0 Å². The molecule has 8 heteroatoms. The molecule has 0 spiro atoms. The largest absolute Gasteiger partial charge is 0.478 e. The molecular formula is C18H24N2O5S. The van der Waals surface area contributed by atoms with Gasteiger partial charge in [-0.2, -0.15) is 4.31 Å². The Morgan fingerprint density at radius 1 is 0.923 bits per heavy atom. The standard InChI is InChI=1S/C18H24N2O5S/c21-17(14-4-2-1-3-5-14)19-10-12-20(13-11-19)26(24,25)16-8-6-15(7-9-16)18(22)23/h6-9,14H,1-5,10-13H2,(H,22,23). The average Bonchev–Trinajstić information content (AvgIpc) is 2.68. The molecule has 1 aromatic carbocycles. The van der Waals surface area contributed by atoms with Crippen LogP contribution in [-0.4, -0.2) is 60.8 Å². The van der Waals surface area contributed by atoms with Crippen LogP contribution in [0.1, 0.15) is 42.5 Å². The topological polar surface area (TPSA) is 95.0 Å². The van der Waals surface area contributed by atoms with Gasteiger partial charge in [-0.25, -0.2) is 13.2 Å². The molecule has 1 saturated heterocycles. The van der Waals surface area contributed by atoms with Gasteiger partial charge in [-0.1, -0.05) is 19.3 Å². The number of carboxylic acids is 1. The molecule has 2 fully saturated rings. The van der Waals surface area contributed by atoms with Gasteiger partial charge in [0.25, 0.3) is 0 Å². The maximum atomic E-state index is 12.7. The van der Waals surface area contributed by atoms with Gasteiger partial charge >= 0.3 is 5.97 Å². The summed E-state index contributed by atoms with van der Waals surface area (Å²) in [5.41, 5.74) is 0.0480. The first-order valence-electron chi connectivity index (χ1n) is 9.02. The third-order valence-electron chi connectivity index (χ3n) is 5.24. The van der Waals surface area contributed by atoms with Crippen molar-refractivity contribution in [1.29, 1.82) is 0 Å². The van der Waals surface area contributed by atoms with Gasteiger partial charge in [-0.05, 0) is 37.1 Å². The van der Waals surface area contributed by atoms with E-state index >= 15 is 0 Å². The molecule has 0 atom stereocenters. The number of aromatic carboxylic acids is 1. The van der Waals surface area contributed by atoms with Gasteiger partial charge < -0.3 is 10.0 Å². The summed E-state index contributed by atoms with van der Waals surface area (Å²) in [6.07, 6.45) is 5.26. The predicted molar refractivity (Wildman–Crippen MR) is 95.3 cm³/mol. The number of piperazine rings is 1. The van der Waals surface area contributed by atoms with Crippen LogP contribution in [0.5, 0.6) is 0 Å². The van der Waals surface area contributed by atoms with Gasteiger partial charge in [-0.3, -0.25) is 4.79 Å². The molecule has 3 rings (SSSR count). The molecule has 0 bridgehead atoms. The molecule has 1 aliphatic carbocycles. The van der Waals surface area contributed by atoms with Crippen LogP contribution < -0.4 is 0 Å². The first-order valence-corrected chi connectivity index (χ1v) is 10.5. The van der Waals surface area contributed by atoms with Gasteiger partial charge in [-0.15, -0.1) is 0 Å². The SMILES string of the molecule is O=C(O)c1ccc(S(=O)(=O)N2CCN(C(=O)C3CCCCC3)CC2)cc1. The van der Waals surface area contributed by atoms with E-state index in [9.17, 15) is 18.0 Å². The van der Waals surface area contributed by atoms with E-state index in [1.807, 2.05) is 0 Å². The smallest absolute Gasteiger partial charge is 0.335 e. The van der Waals surface area contributed by atoms with Crippen molar-refractivity contribution in [3.05, 3.63) is 29.8 Å². The van der Waals surface area contributed by atoms with E-state index in [1.54, 1.807) is 4.90 Å². The van der Waals surface area contributed by atoms with E-state index in [2.05, 4.69) is 0 Å². The molecule has 7 nitrogen and oxygen atoms in total. The minimum Gasteiger partial charge on any atom is -0.478 e. The zero-order valence-corrected chi connectivity index (χ0v) is 15.5. The predicted octanol–water partition coefficient (Wildman–Crippen LogP) is 1.80. The number of carbonyl (C=O) groups is 2. The third-order valence-corrected chi connectivity index (χ3v) is 7.16. The van der Waals surface area contributed by atoms with Crippen molar-refractivity contribution in [3.63, 3.8) is 0 Å². The van der Waals surface area contributed by atoms with Crippen LogP contribution in [0.3, 0.4) is 0 Å². The number of benzene rings is 1. The Hall–Kier alpha value is -1.93. The fraction of sp³-hybridized carbons (Fsp3) is 0.556. The van der Waals surface area contributed by atoms with Crippen LogP contribution in [0.2, 0.25) is 0 Å². The zero-order valence-electron chi connectivity index (χ0n) is 14.6.